The molecule has 3 aromatic carbocycles. The summed E-state index contributed by atoms with van der Waals surface area (Å²) < 4.78 is 18.9. The molecule has 0 fully saturated rings. The lowest BCUT2D eigenvalue weighted by atomic mass is 10.1. The first kappa shape index (κ1) is 28.3. The Labute approximate surface area is 236 Å². The summed E-state index contributed by atoms with van der Waals surface area (Å²) in [5.74, 6) is 1.24. The van der Waals surface area contributed by atoms with E-state index in [-0.39, 0.29) is 18.1 Å². The van der Waals surface area contributed by atoms with Crippen molar-refractivity contribution in [1.82, 2.24) is 14.5 Å². The standard InChI is InChI=1S/C30H32BrN3O5/c1-5-15-33(27(35)19-39-18-21-11-7-6-8-12-21)20(2)29-32-24-14-10-9-13-23(24)30(36)34(29)25-16-22(37-3)17-26(38-4)28(25)31/h6-14,16-17,20H,5,15,18-19H2,1-4H3. The molecule has 0 radical (unpaired) electrons. The Hall–Kier alpha value is -3.69. The van der Waals surface area contributed by atoms with E-state index in [4.69, 9.17) is 19.2 Å². The van der Waals surface area contributed by atoms with Crippen LogP contribution in [0.15, 0.2) is 76.0 Å². The number of hydrogen-bond donors (Lipinski definition) is 0. The Morgan fingerprint density at radius 2 is 1.77 bits per heavy atom. The molecule has 0 aliphatic heterocycles. The van der Waals surface area contributed by atoms with Crippen molar-refractivity contribution in [2.45, 2.75) is 32.9 Å². The first-order valence-corrected chi connectivity index (χ1v) is 13.5. The number of benzene rings is 3. The van der Waals surface area contributed by atoms with Gasteiger partial charge in [0.05, 0.1) is 47.9 Å². The van der Waals surface area contributed by atoms with Gasteiger partial charge in [-0.05, 0) is 47.0 Å². The maximum absolute atomic E-state index is 14.0. The van der Waals surface area contributed by atoms with Crippen LogP contribution in [0.3, 0.4) is 0 Å². The number of amides is 1. The summed E-state index contributed by atoms with van der Waals surface area (Å²) in [6, 6.07) is 19.8. The Kier molecular flexibility index (Phi) is 9.37. The zero-order valence-electron chi connectivity index (χ0n) is 22.5. The molecule has 1 aromatic heterocycles. The lowest BCUT2D eigenvalue weighted by molar-refractivity contribution is -0.139. The molecule has 4 aromatic rings. The van der Waals surface area contributed by atoms with Gasteiger partial charge in [-0.1, -0.05) is 49.4 Å². The molecule has 0 bridgehead atoms. The molecule has 8 nitrogen and oxygen atoms in total. The predicted molar refractivity (Wildman–Crippen MR) is 155 cm³/mol. The first-order valence-electron chi connectivity index (χ1n) is 12.7. The van der Waals surface area contributed by atoms with Crippen LogP contribution < -0.4 is 15.0 Å². The minimum absolute atomic E-state index is 0.0896. The number of carbonyl (C=O) groups is 1. The van der Waals surface area contributed by atoms with Gasteiger partial charge in [0.15, 0.2) is 0 Å². The third-order valence-electron chi connectivity index (χ3n) is 6.45. The van der Waals surface area contributed by atoms with Gasteiger partial charge in [-0.25, -0.2) is 4.98 Å². The first-order chi connectivity index (χ1) is 18.9. The number of ether oxygens (including phenoxy) is 3. The minimum atomic E-state index is -0.542. The van der Waals surface area contributed by atoms with Crippen molar-refractivity contribution in [3.05, 3.63) is 92.9 Å². The molecule has 0 aliphatic rings. The molecule has 1 atom stereocenters. The van der Waals surface area contributed by atoms with Gasteiger partial charge in [0.25, 0.3) is 5.56 Å². The number of fused-ring (bicyclic) bond motifs is 1. The number of aromatic nitrogens is 2. The Morgan fingerprint density at radius 3 is 2.46 bits per heavy atom. The van der Waals surface area contributed by atoms with Crippen LogP contribution >= 0.6 is 15.9 Å². The van der Waals surface area contributed by atoms with Crippen LogP contribution in [-0.4, -0.2) is 47.7 Å². The number of carbonyl (C=O) groups excluding carboxylic acids is 1. The monoisotopic (exact) mass is 593 g/mol. The van der Waals surface area contributed by atoms with Crippen molar-refractivity contribution in [2.24, 2.45) is 0 Å². The molecule has 1 unspecified atom stereocenters. The number of hydrogen-bond acceptors (Lipinski definition) is 6. The normalized spacial score (nSPS) is 11.8. The molecule has 204 valence electrons. The van der Waals surface area contributed by atoms with Crippen LogP contribution in [0.1, 0.15) is 37.7 Å². The number of halogens is 1. The number of para-hydroxylation sites is 1. The number of rotatable bonds is 11. The van der Waals surface area contributed by atoms with E-state index in [0.717, 1.165) is 12.0 Å². The van der Waals surface area contributed by atoms with Gasteiger partial charge in [0.1, 0.15) is 23.9 Å². The second-order valence-electron chi connectivity index (χ2n) is 9.03. The molecule has 1 amide bonds. The van der Waals surface area contributed by atoms with Gasteiger partial charge in [-0.15, -0.1) is 0 Å². The highest BCUT2D eigenvalue weighted by atomic mass is 79.9. The van der Waals surface area contributed by atoms with Gasteiger partial charge in [-0.2, -0.15) is 0 Å². The second-order valence-corrected chi connectivity index (χ2v) is 9.82. The fraction of sp³-hybridized carbons (Fsp3) is 0.300. The molecular formula is C30H32BrN3O5. The highest BCUT2D eigenvalue weighted by Gasteiger charge is 2.28. The van der Waals surface area contributed by atoms with Crippen LogP contribution in [0.2, 0.25) is 0 Å². The summed E-state index contributed by atoms with van der Waals surface area (Å²) in [6.45, 7) is 4.59. The quantitative estimate of drug-likeness (QED) is 0.222. The molecule has 9 heteroatoms. The molecule has 0 spiro atoms. The smallest absolute Gasteiger partial charge is 0.266 e. The largest absolute Gasteiger partial charge is 0.497 e. The van der Waals surface area contributed by atoms with Crippen molar-refractivity contribution in [3.8, 4) is 17.2 Å². The van der Waals surface area contributed by atoms with E-state index < -0.39 is 6.04 Å². The Morgan fingerprint density at radius 1 is 1.05 bits per heavy atom. The molecule has 0 saturated carbocycles. The molecule has 0 saturated heterocycles. The van der Waals surface area contributed by atoms with Crippen molar-refractivity contribution in [3.63, 3.8) is 0 Å². The van der Waals surface area contributed by atoms with Gasteiger partial charge < -0.3 is 19.1 Å². The average molecular weight is 595 g/mol. The fourth-order valence-electron chi connectivity index (χ4n) is 4.48. The number of nitrogens with zero attached hydrogens (tertiary/aromatic N) is 3. The average Bonchev–Trinajstić information content (AvgIpc) is 2.96. The van der Waals surface area contributed by atoms with E-state index in [0.29, 0.717) is 51.5 Å². The van der Waals surface area contributed by atoms with E-state index in [1.54, 1.807) is 49.5 Å². The molecule has 1 heterocycles. The fourth-order valence-corrected chi connectivity index (χ4v) is 5.05. The third kappa shape index (κ3) is 6.15. The third-order valence-corrected chi connectivity index (χ3v) is 7.25. The molecule has 0 N–H and O–H groups in total. The van der Waals surface area contributed by atoms with Gasteiger partial charge in [0, 0.05) is 18.7 Å². The van der Waals surface area contributed by atoms with Crippen molar-refractivity contribution < 1.29 is 19.0 Å². The zero-order chi connectivity index (χ0) is 27.9. The molecule has 0 aliphatic carbocycles. The van der Waals surface area contributed by atoms with Crippen molar-refractivity contribution >= 4 is 32.7 Å². The number of methoxy groups -OCH3 is 2. The van der Waals surface area contributed by atoms with E-state index in [1.165, 1.54) is 4.57 Å². The minimum Gasteiger partial charge on any atom is -0.497 e. The van der Waals surface area contributed by atoms with E-state index >= 15 is 0 Å². The lowest BCUT2D eigenvalue weighted by Crippen LogP contribution is -2.39. The highest BCUT2D eigenvalue weighted by molar-refractivity contribution is 9.10. The van der Waals surface area contributed by atoms with Gasteiger partial charge in [0.2, 0.25) is 5.91 Å². The van der Waals surface area contributed by atoms with Crippen LogP contribution in [0.25, 0.3) is 16.6 Å². The SMILES string of the molecule is CCCN(C(=O)COCc1ccccc1)C(C)c1nc2ccccc2c(=O)n1-c1cc(OC)cc(OC)c1Br. The van der Waals surface area contributed by atoms with Crippen LogP contribution in [0, 0.1) is 0 Å². The lowest BCUT2D eigenvalue weighted by Gasteiger charge is -2.30. The zero-order valence-corrected chi connectivity index (χ0v) is 24.1. The topological polar surface area (TPSA) is 82.9 Å². The summed E-state index contributed by atoms with van der Waals surface area (Å²) in [5.41, 5.74) is 1.78. The molecular weight excluding hydrogens is 562 g/mol. The molecule has 39 heavy (non-hydrogen) atoms. The highest BCUT2D eigenvalue weighted by Crippen LogP contribution is 2.37. The van der Waals surface area contributed by atoms with Crippen molar-refractivity contribution in [1.29, 1.82) is 0 Å². The van der Waals surface area contributed by atoms with Gasteiger partial charge >= 0.3 is 0 Å². The Balaban J connectivity index is 1.79. The predicted octanol–water partition coefficient (Wildman–Crippen LogP) is 5.68. The van der Waals surface area contributed by atoms with Crippen molar-refractivity contribution in [2.75, 3.05) is 27.4 Å². The maximum Gasteiger partial charge on any atom is 0.266 e. The maximum atomic E-state index is 14.0. The van der Waals surface area contributed by atoms with E-state index in [9.17, 15) is 9.59 Å². The summed E-state index contributed by atoms with van der Waals surface area (Å²) in [5, 5.41) is 0.460. The summed E-state index contributed by atoms with van der Waals surface area (Å²) in [4.78, 5) is 34.0. The Bertz CT molecular complexity index is 1510. The summed E-state index contributed by atoms with van der Waals surface area (Å²) >= 11 is 3.61. The van der Waals surface area contributed by atoms with E-state index in [1.807, 2.05) is 50.2 Å². The van der Waals surface area contributed by atoms with E-state index in [2.05, 4.69) is 15.9 Å². The van der Waals surface area contributed by atoms with Crippen LogP contribution in [0.5, 0.6) is 11.5 Å². The summed E-state index contributed by atoms with van der Waals surface area (Å²) in [7, 11) is 3.10. The van der Waals surface area contributed by atoms with Crippen LogP contribution in [0.4, 0.5) is 0 Å². The summed E-state index contributed by atoms with van der Waals surface area (Å²) in [6.07, 6.45) is 0.725. The molecule has 4 rings (SSSR count). The van der Waals surface area contributed by atoms with Gasteiger partial charge in [-0.3, -0.25) is 14.2 Å². The second kappa shape index (κ2) is 12.9. The van der Waals surface area contributed by atoms with Crippen LogP contribution in [-0.2, 0) is 16.1 Å².